The van der Waals surface area contributed by atoms with E-state index in [1.54, 1.807) is 0 Å². The van der Waals surface area contributed by atoms with Crippen molar-refractivity contribution in [2.45, 2.75) is 25.5 Å². The maximum Gasteiger partial charge on any atom is 0.112 e. The SMILES string of the molecule is CC[C@H](N)[C@@H](O)c1ncc(Cl)cc1Cl. The molecule has 1 rings (SSSR count). The highest BCUT2D eigenvalue weighted by Crippen LogP contribution is 2.25. The van der Waals surface area contributed by atoms with Gasteiger partial charge in [0.25, 0.3) is 0 Å². The molecular weight excluding hydrogens is 223 g/mol. The van der Waals surface area contributed by atoms with E-state index in [2.05, 4.69) is 4.98 Å². The molecule has 3 nitrogen and oxygen atoms in total. The Morgan fingerprint density at radius 2 is 2.21 bits per heavy atom. The molecule has 0 bridgehead atoms. The first-order chi connectivity index (χ1) is 6.56. The highest BCUT2D eigenvalue weighted by atomic mass is 35.5. The van der Waals surface area contributed by atoms with Gasteiger partial charge in [-0.15, -0.1) is 0 Å². The molecule has 0 fully saturated rings. The maximum atomic E-state index is 9.75. The molecule has 78 valence electrons. The molecule has 0 spiro atoms. The fraction of sp³-hybridized carbons (Fsp3) is 0.444. The number of nitrogens with two attached hydrogens (primary N) is 1. The molecule has 0 radical (unpaired) electrons. The van der Waals surface area contributed by atoms with Gasteiger partial charge in [0.05, 0.1) is 15.7 Å². The van der Waals surface area contributed by atoms with Crippen LogP contribution in [0.15, 0.2) is 12.3 Å². The number of hydrogen-bond acceptors (Lipinski definition) is 3. The first-order valence-corrected chi connectivity index (χ1v) is 5.06. The molecule has 0 aromatic carbocycles. The van der Waals surface area contributed by atoms with Crippen LogP contribution in [0.4, 0.5) is 0 Å². The van der Waals surface area contributed by atoms with Crippen molar-refractivity contribution in [2.75, 3.05) is 0 Å². The molecule has 0 aliphatic carbocycles. The summed E-state index contributed by atoms with van der Waals surface area (Å²) in [5.74, 6) is 0. The quantitative estimate of drug-likeness (QED) is 0.843. The fourth-order valence-corrected chi connectivity index (χ4v) is 1.56. The van der Waals surface area contributed by atoms with Crippen LogP contribution in [0.25, 0.3) is 0 Å². The molecular formula is C9H12Cl2N2O. The summed E-state index contributed by atoms with van der Waals surface area (Å²) in [6, 6.07) is 1.18. The molecule has 2 atom stereocenters. The topological polar surface area (TPSA) is 59.1 Å². The number of pyridine rings is 1. The van der Waals surface area contributed by atoms with Gasteiger partial charge in [0.1, 0.15) is 6.10 Å². The second kappa shape index (κ2) is 4.94. The normalized spacial score (nSPS) is 15.2. The average Bonchev–Trinajstić information content (AvgIpc) is 2.15. The van der Waals surface area contributed by atoms with Gasteiger partial charge in [-0.25, -0.2) is 0 Å². The zero-order valence-corrected chi connectivity index (χ0v) is 9.26. The summed E-state index contributed by atoms with van der Waals surface area (Å²) in [5.41, 5.74) is 6.05. The lowest BCUT2D eigenvalue weighted by Crippen LogP contribution is -2.28. The van der Waals surface area contributed by atoms with Crippen molar-refractivity contribution >= 4 is 23.2 Å². The Morgan fingerprint density at radius 3 is 2.71 bits per heavy atom. The van der Waals surface area contributed by atoms with E-state index in [-0.39, 0.29) is 6.04 Å². The van der Waals surface area contributed by atoms with E-state index in [4.69, 9.17) is 28.9 Å². The summed E-state index contributed by atoms with van der Waals surface area (Å²) >= 11 is 11.5. The van der Waals surface area contributed by atoms with Gasteiger partial charge in [-0.3, -0.25) is 4.98 Å². The van der Waals surface area contributed by atoms with E-state index in [0.29, 0.717) is 22.2 Å². The van der Waals surface area contributed by atoms with Gasteiger partial charge in [-0.1, -0.05) is 30.1 Å². The molecule has 1 aromatic rings. The van der Waals surface area contributed by atoms with E-state index in [1.165, 1.54) is 12.3 Å². The first-order valence-electron chi connectivity index (χ1n) is 4.30. The van der Waals surface area contributed by atoms with Crippen LogP contribution in [0.1, 0.15) is 25.1 Å². The third kappa shape index (κ3) is 2.58. The second-order valence-electron chi connectivity index (χ2n) is 3.04. The molecule has 0 saturated carbocycles. The summed E-state index contributed by atoms with van der Waals surface area (Å²) in [6.07, 6.45) is 1.25. The number of nitrogens with zero attached hydrogens (tertiary/aromatic N) is 1. The van der Waals surface area contributed by atoms with Gasteiger partial charge in [0.15, 0.2) is 0 Å². The average molecular weight is 235 g/mol. The third-order valence-corrected chi connectivity index (χ3v) is 2.50. The van der Waals surface area contributed by atoms with Gasteiger partial charge in [-0.2, -0.15) is 0 Å². The summed E-state index contributed by atoms with van der Waals surface area (Å²) in [6.45, 7) is 1.89. The van der Waals surface area contributed by atoms with Crippen molar-refractivity contribution in [2.24, 2.45) is 5.73 Å². The smallest absolute Gasteiger partial charge is 0.112 e. The number of rotatable bonds is 3. The Balaban J connectivity index is 2.95. The van der Waals surface area contributed by atoms with Crippen molar-refractivity contribution in [3.63, 3.8) is 0 Å². The van der Waals surface area contributed by atoms with E-state index in [0.717, 1.165) is 0 Å². The van der Waals surface area contributed by atoms with Gasteiger partial charge in [0.2, 0.25) is 0 Å². The zero-order valence-electron chi connectivity index (χ0n) is 7.74. The Bertz CT molecular complexity index is 320. The molecule has 0 aliphatic rings. The number of hydrogen-bond donors (Lipinski definition) is 2. The zero-order chi connectivity index (χ0) is 10.7. The Morgan fingerprint density at radius 1 is 1.57 bits per heavy atom. The summed E-state index contributed by atoms with van der Waals surface area (Å²) in [5, 5.41) is 10.5. The molecule has 0 aliphatic heterocycles. The van der Waals surface area contributed by atoms with Crippen LogP contribution in [0, 0.1) is 0 Å². The molecule has 3 N–H and O–H groups in total. The van der Waals surface area contributed by atoms with E-state index in [9.17, 15) is 5.11 Å². The maximum absolute atomic E-state index is 9.75. The number of aromatic nitrogens is 1. The van der Waals surface area contributed by atoms with Crippen LogP contribution in [0.2, 0.25) is 10.0 Å². The lowest BCUT2D eigenvalue weighted by Gasteiger charge is -2.17. The summed E-state index contributed by atoms with van der Waals surface area (Å²) in [7, 11) is 0. The molecule has 0 amide bonds. The molecule has 14 heavy (non-hydrogen) atoms. The van der Waals surface area contributed by atoms with Gasteiger partial charge < -0.3 is 10.8 Å². The predicted molar refractivity (Wildman–Crippen MR) is 57.5 cm³/mol. The third-order valence-electron chi connectivity index (χ3n) is 1.99. The first kappa shape index (κ1) is 11.7. The number of aliphatic hydroxyl groups excluding tert-OH is 1. The van der Waals surface area contributed by atoms with Crippen LogP contribution >= 0.6 is 23.2 Å². The standard InChI is InChI=1S/C9H12Cl2N2O/c1-2-7(12)9(14)8-6(11)3-5(10)4-13-8/h3-4,7,9,14H,2,12H2,1H3/t7-,9+/m0/s1. The van der Waals surface area contributed by atoms with Crippen molar-refractivity contribution in [3.8, 4) is 0 Å². The lowest BCUT2D eigenvalue weighted by atomic mass is 10.1. The van der Waals surface area contributed by atoms with Crippen LogP contribution < -0.4 is 5.73 Å². The molecule has 1 heterocycles. The van der Waals surface area contributed by atoms with Crippen LogP contribution in [-0.4, -0.2) is 16.1 Å². The largest absolute Gasteiger partial charge is 0.385 e. The van der Waals surface area contributed by atoms with Gasteiger partial charge >= 0.3 is 0 Å². The highest BCUT2D eigenvalue weighted by Gasteiger charge is 2.19. The number of halogens is 2. The monoisotopic (exact) mass is 234 g/mol. The van der Waals surface area contributed by atoms with E-state index in [1.807, 2.05) is 6.92 Å². The Labute approximate surface area is 92.9 Å². The van der Waals surface area contributed by atoms with Gasteiger partial charge in [-0.05, 0) is 12.5 Å². The van der Waals surface area contributed by atoms with Gasteiger partial charge in [0, 0.05) is 12.2 Å². The molecule has 0 unspecified atom stereocenters. The molecule has 0 saturated heterocycles. The second-order valence-corrected chi connectivity index (χ2v) is 3.88. The van der Waals surface area contributed by atoms with Crippen molar-refractivity contribution in [3.05, 3.63) is 28.0 Å². The summed E-state index contributed by atoms with van der Waals surface area (Å²) < 4.78 is 0. The Hall–Kier alpha value is -0.350. The minimum Gasteiger partial charge on any atom is -0.385 e. The minimum atomic E-state index is -0.843. The minimum absolute atomic E-state index is 0.342. The lowest BCUT2D eigenvalue weighted by molar-refractivity contribution is 0.140. The van der Waals surface area contributed by atoms with Crippen molar-refractivity contribution in [1.29, 1.82) is 0 Å². The summed E-state index contributed by atoms with van der Waals surface area (Å²) in [4.78, 5) is 3.95. The Kier molecular flexibility index (Phi) is 4.13. The number of aliphatic hydroxyl groups is 1. The predicted octanol–water partition coefficient (Wildman–Crippen LogP) is 2.16. The molecule has 5 heteroatoms. The highest BCUT2D eigenvalue weighted by molar-refractivity contribution is 6.34. The van der Waals surface area contributed by atoms with Crippen LogP contribution in [0.5, 0.6) is 0 Å². The van der Waals surface area contributed by atoms with Crippen LogP contribution in [0.3, 0.4) is 0 Å². The van der Waals surface area contributed by atoms with E-state index >= 15 is 0 Å². The van der Waals surface area contributed by atoms with Crippen molar-refractivity contribution < 1.29 is 5.11 Å². The van der Waals surface area contributed by atoms with E-state index < -0.39 is 6.10 Å². The van der Waals surface area contributed by atoms with Crippen LogP contribution in [-0.2, 0) is 0 Å². The molecule has 1 aromatic heterocycles. The fourth-order valence-electron chi connectivity index (χ4n) is 1.07. The van der Waals surface area contributed by atoms with Crippen molar-refractivity contribution in [1.82, 2.24) is 4.98 Å².